The fraction of sp³-hybridized carbons (Fsp3) is 0.219. The van der Waals surface area contributed by atoms with Gasteiger partial charge in [-0.15, -0.1) is 0 Å². The molecule has 0 saturated heterocycles. The molecule has 8 nitrogen and oxygen atoms in total. The van der Waals surface area contributed by atoms with Crippen LogP contribution in [-0.4, -0.2) is 37.5 Å². The molecule has 0 amide bonds. The summed E-state index contributed by atoms with van der Waals surface area (Å²) in [4.78, 5) is 36.9. The molecular formula is C32H28O8. The molecule has 1 spiro atoms. The normalized spacial score (nSPS) is 16.1. The maximum atomic E-state index is 13.0. The minimum atomic E-state index is -1.26. The fourth-order valence-electron chi connectivity index (χ4n) is 4.78. The van der Waals surface area contributed by atoms with Crippen molar-refractivity contribution >= 4 is 17.7 Å². The Morgan fingerprint density at radius 2 is 1.43 bits per heavy atom. The number of carbonyl (C=O) groups is 3. The van der Waals surface area contributed by atoms with Gasteiger partial charge < -0.3 is 23.7 Å². The third-order valence-corrected chi connectivity index (χ3v) is 6.76. The quantitative estimate of drug-likeness (QED) is 0.240. The van der Waals surface area contributed by atoms with Crippen LogP contribution in [0, 0.1) is 0 Å². The Bertz CT molecular complexity index is 1550. The van der Waals surface area contributed by atoms with Crippen molar-refractivity contribution in [1.29, 1.82) is 0 Å². The summed E-state index contributed by atoms with van der Waals surface area (Å²) < 4.78 is 29.1. The van der Waals surface area contributed by atoms with Crippen LogP contribution in [0.3, 0.4) is 0 Å². The minimum Gasteiger partial charge on any atom is -0.489 e. The molecule has 8 heteroatoms. The molecule has 0 aromatic heterocycles. The fourth-order valence-corrected chi connectivity index (χ4v) is 4.78. The van der Waals surface area contributed by atoms with Crippen LogP contribution in [0.4, 0.5) is 0 Å². The maximum Gasteiger partial charge on any atom is 0.340 e. The van der Waals surface area contributed by atoms with Crippen LogP contribution in [0.5, 0.6) is 23.0 Å². The van der Waals surface area contributed by atoms with Crippen LogP contribution in [-0.2, 0) is 24.7 Å². The highest BCUT2D eigenvalue weighted by atomic mass is 16.6. The molecule has 0 radical (unpaired) electrons. The van der Waals surface area contributed by atoms with Crippen LogP contribution in [0.15, 0.2) is 85.0 Å². The van der Waals surface area contributed by atoms with Crippen molar-refractivity contribution in [2.45, 2.75) is 25.9 Å². The first kappa shape index (κ1) is 26.7. The minimum absolute atomic E-state index is 0.0351. The number of benzene rings is 3. The van der Waals surface area contributed by atoms with E-state index in [-0.39, 0.29) is 31.2 Å². The van der Waals surface area contributed by atoms with E-state index in [1.807, 2.05) is 12.1 Å². The zero-order valence-electron chi connectivity index (χ0n) is 22.3. The van der Waals surface area contributed by atoms with Gasteiger partial charge in [0, 0.05) is 40.8 Å². The molecule has 3 aromatic carbocycles. The first-order valence-electron chi connectivity index (χ1n) is 12.9. The van der Waals surface area contributed by atoms with Crippen molar-refractivity contribution in [3.05, 3.63) is 107 Å². The molecule has 0 saturated carbocycles. The summed E-state index contributed by atoms with van der Waals surface area (Å²) in [6.07, 6.45) is 0.344. The second kappa shape index (κ2) is 10.7. The summed E-state index contributed by atoms with van der Waals surface area (Å²) in [6, 6.07) is 17.6. The highest BCUT2D eigenvalue weighted by Gasteiger charge is 2.53. The van der Waals surface area contributed by atoms with Crippen molar-refractivity contribution in [2.24, 2.45) is 0 Å². The molecule has 5 rings (SSSR count). The molecule has 2 aliphatic heterocycles. The van der Waals surface area contributed by atoms with Crippen LogP contribution in [0.25, 0.3) is 0 Å². The van der Waals surface area contributed by atoms with E-state index in [9.17, 15) is 14.4 Å². The zero-order valence-corrected chi connectivity index (χ0v) is 22.3. The Labute approximate surface area is 231 Å². The molecule has 204 valence electrons. The summed E-state index contributed by atoms with van der Waals surface area (Å²) in [5, 5.41) is 0. The monoisotopic (exact) mass is 540 g/mol. The molecule has 0 aliphatic carbocycles. The average molecular weight is 541 g/mol. The SMILES string of the molecule is C=C(COc1ccc2c(c1)Oc1cc(OCC(=C)C(=O)OCC)ccc1C21OC(=O)c2ccccc21)C(=O)CC. The molecule has 0 fully saturated rings. The molecule has 1 unspecified atom stereocenters. The molecule has 0 N–H and O–H groups in total. The van der Waals surface area contributed by atoms with Gasteiger partial charge in [-0.2, -0.15) is 0 Å². The molecule has 3 aromatic rings. The van der Waals surface area contributed by atoms with Gasteiger partial charge in [-0.25, -0.2) is 9.59 Å². The van der Waals surface area contributed by atoms with E-state index in [2.05, 4.69) is 13.2 Å². The molecular weight excluding hydrogens is 512 g/mol. The number of hydrogen-bond donors (Lipinski definition) is 0. The predicted octanol–water partition coefficient (Wildman–Crippen LogP) is 5.67. The van der Waals surface area contributed by atoms with E-state index in [0.29, 0.717) is 57.2 Å². The lowest BCUT2D eigenvalue weighted by molar-refractivity contribution is -0.138. The molecule has 1 atom stereocenters. The highest BCUT2D eigenvalue weighted by molar-refractivity contribution is 5.97. The lowest BCUT2D eigenvalue weighted by Gasteiger charge is -2.36. The third kappa shape index (κ3) is 4.62. The van der Waals surface area contributed by atoms with Gasteiger partial charge in [-0.3, -0.25) is 4.79 Å². The standard InChI is InChI=1S/C32H28O8/c1-5-27(33)19(3)17-37-21-11-13-25-28(15-21)39-29-16-22(38-18-20(4)30(34)36-6-2)12-14-26(29)32(25)24-10-8-7-9-23(24)31(35)40-32/h7-16H,3-6,17-18H2,1-2H3. The van der Waals surface area contributed by atoms with Gasteiger partial charge >= 0.3 is 11.9 Å². The van der Waals surface area contributed by atoms with Gasteiger partial charge in [0.25, 0.3) is 0 Å². The smallest absolute Gasteiger partial charge is 0.340 e. The number of esters is 2. The molecule has 2 heterocycles. The van der Waals surface area contributed by atoms with Crippen molar-refractivity contribution in [3.63, 3.8) is 0 Å². The van der Waals surface area contributed by atoms with E-state index in [0.717, 1.165) is 0 Å². The van der Waals surface area contributed by atoms with Gasteiger partial charge in [-0.1, -0.05) is 38.3 Å². The van der Waals surface area contributed by atoms with Crippen LogP contribution in [0.2, 0.25) is 0 Å². The van der Waals surface area contributed by atoms with Gasteiger partial charge in [-0.05, 0) is 37.3 Å². The van der Waals surface area contributed by atoms with E-state index >= 15 is 0 Å². The molecule has 0 bridgehead atoms. The largest absolute Gasteiger partial charge is 0.489 e. The number of fused-ring (bicyclic) bond motifs is 6. The Kier molecular flexibility index (Phi) is 7.17. The predicted molar refractivity (Wildman–Crippen MR) is 146 cm³/mol. The summed E-state index contributed by atoms with van der Waals surface area (Å²) in [5.41, 5.74) is 1.67. The summed E-state index contributed by atoms with van der Waals surface area (Å²) >= 11 is 0. The Morgan fingerprint density at radius 3 is 2.02 bits per heavy atom. The van der Waals surface area contributed by atoms with Gasteiger partial charge in [0.1, 0.15) is 36.2 Å². The second-order valence-electron chi connectivity index (χ2n) is 9.32. The van der Waals surface area contributed by atoms with E-state index < -0.39 is 17.5 Å². The third-order valence-electron chi connectivity index (χ3n) is 6.76. The number of carbonyl (C=O) groups excluding carboxylic acids is 3. The van der Waals surface area contributed by atoms with E-state index in [1.54, 1.807) is 62.4 Å². The Morgan fingerprint density at radius 1 is 0.825 bits per heavy atom. The van der Waals surface area contributed by atoms with Crippen molar-refractivity contribution < 1.29 is 38.1 Å². The van der Waals surface area contributed by atoms with Crippen LogP contribution in [0.1, 0.15) is 47.3 Å². The first-order chi connectivity index (χ1) is 19.3. The second-order valence-corrected chi connectivity index (χ2v) is 9.32. The topological polar surface area (TPSA) is 97.4 Å². The number of Topliss-reactive ketones (excluding diaryl/α,β-unsaturated/α-hetero) is 1. The molecule has 40 heavy (non-hydrogen) atoms. The summed E-state index contributed by atoms with van der Waals surface area (Å²) in [6.45, 7) is 11.2. The average Bonchev–Trinajstić information content (AvgIpc) is 3.26. The Hall–Kier alpha value is -4.85. The Balaban J connectivity index is 1.53. The van der Waals surface area contributed by atoms with Crippen molar-refractivity contribution in [1.82, 2.24) is 0 Å². The van der Waals surface area contributed by atoms with E-state index in [4.69, 9.17) is 23.7 Å². The summed E-state index contributed by atoms with van der Waals surface area (Å²) in [7, 11) is 0. The molecule has 2 aliphatic rings. The van der Waals surface area contributed by atoms with Gasteiger partial charge in [0.2, 0.25) is 0 Å². The lowest BCUT2D eigenvalue weighted by atomic mass is 9.77. The van der Waals surface area contributed by atoms with Crippen molar-refractivity contribution in [2.75, 3.05) is 19.8 Å². The number of hydrogen-bond acceptors (Lipinski definition) is 8. The number of rotatable bonds is 10. The zero-order chi connectivity index (χ0) is 28.4. The number of ether oxygens (including phenoxy) is 5. The van der Waals surface area contributed by atoms with Gasteiger partial charge in [0.05, 0.1) is 17.7 Å². The van der Waals surface area contributed by atoms with Gasteiger partial charge in [0.15, 0.2) is 11.4 Å². The first-order valence-corrected chi connectivity index (χ1v) is 12.9. The van der Waals surface area contributed by atoms with Crippen LogP contribution < -0.4 is 14.2 Å². The maximum absolute atomic E-state index is 13.0. The highest BCUT2D eigenvalue weighted by Crippen LogP contribution is 2.57. The van der Waals surface area contributed by atoms with Crippen LogP contribution >= 0.6 is 0 Å². The number of ketones is 1. The van der Waals surface area contributed by atoms with Crippen molar-refractivity contribution in [3.8, 4) is 23.0 Å². The summed E-state index contributed by atoms with van der Waals surface area (Å²) in [5.74, 6) is 0.633. The van der Waals surface area contributed by atoms with E-state index in [1.165, 1.54) is 0 Å². The lowest BCUT2D eigenvalue weighted by Crippen LogP contribution is -2.33.